The molecule has 2 amide bonds. The molecule has 3 fully saturated rings. The van der Waals surface area contributed by atoms with E-state index in [-0.39, 0.29) is 29.2 Å². The zero-order valence-electron chi connectivity index (χ0n) is 23.6. The molecule has 6 rings (SSSR count). The van der Waals surface area contributed by atoms with Crippen LogP contribution in [0.2, 0.25) is 0 Å². The van der Waals surface area contributed by atoms with Crippen LogP contribution < -0.4 is 20.3 Å². The molecule has 2 aromatic heterocycles. The summed E-state index contributed by atoms with van der Waals surface area (Å²) < 4.78 is 11.6. The number of hydrogen-bond donors (Lipinski definition) is 2. The summed E-state index contributed by atoms with van der Waals surface area (Å²) in [5.41, 5.74) is 2.58. The van der Waals surface area contributed by atoms with E-state index in [2.05, 4.69) is 32.5 Å². The van der Waals surface area contributed by atoms with Gasteiger partial charge in [0.05, 0.1) is 11.3 Å². The maximum Gasteiger partial charge on any atom is 0.316 e. The Kier molecular flexibility index (Phi) is 7.89. The smallest absolute Gasteiger partial charge is 0.316 e. The molecule has 3 heterocycles. The molecule has 1 atom stereocenters. The number of hydrogen-bond acceptors (Lipinski definition) is 8. The normalized spacial score (nSPS) is 22.2. The number of carbonyl (C=O) groups is 2. The minimum Gasteiger partial charge on any atom is -0.460 e. The third kappa shape index (κ3) is 6.21. The Labute approximate surface area is 240 Å². The molecule has 1 saturated heterocycles. The van der Waals surface area contributed by atoms with Crippen molar-refractivity contribution in [3.63, 3.8) is 0 Å². The molecule has 0 aromatic carbocycles. The van der Waals surface area contributed by atoms with E-state index in [9.17, 15) is 9.59 Å². The van der Waals surface area contributed by atoms with Crippen molar-refractivity contribution in [2.45, 2.75) is 83.3 Å². The molecular formula is C31H38N6O4. The highest BCUT2D eigenvalue weighted by molar-refractivity contribution is 6.00. The summed E-state index contributed by atoms with van der Waals surface area (Å²) in [7, 11) is 0. The van der Waals surface area contributed by atoms with Crippen molar-refractivity contribution in [1.29, 1.82) is 0 Å². The number of oxazole rings is 1. The first-order valence-corrected chi connectivity index (χ1v) is 14.9. The number of amides is 2. The van der Waals surface area contributed by atoms with E-state index >= 15 is 0 Å². The lowest BCUT2D eigenvalue weighted by molar-refractivity contribution is -0.117. The molecule has 2 aromatic rings. The van der Waals surface area contributed by atoms with Gasteiger partial charge in [0, 0.05) is 44.4 Å². The summed E-state index contributed by atoms with van der Waals surface area (Å²) in [6.45, 7) is 3.42. The molecule has 1 aliphatic heterocycles. The van der Waals surface area contributed by atoms with E-state index in [4.69, 9.17) is 9.15 Å². The quantitative estimate of drug-likeness (QED) is 0.481. The number of allylic oxidation sites excluding steroid dienone is 3. The Balaban J connectivity index is 1.10. The molecule has 0 radical (unpaired) electrons. The topological polar surface area (TPSA) is 122 Å². The molecule has 2 saturated carbocycles. The number of aromatic nitrogens is 3. The average Bonchev–Trinajstić information content (AvgIpc) is 3.46. The predicted octanol–water partition coefficient (Wildman–Crippen LogP) is 4.63. The van der Waals surface area contributed by atoms with Gasteiger partial charge in [-0.25, -0.2) is 9.97 Å². The van der Waals surface area contributed by atoms with E-state index < -0.39 is 5.91 Å². The van der Waals surface area contributed by atoms with Gasteiger partial charge in [0.2, 0.25) is 0 Å². The molecule has 216 valence electrons. The van der Waals surface area contributed by atoms with Crippen molar-refractivity contribution >= 4 is 17.8 Å². The van der Waals surface area contributed by atoms with Crippen molar-refractivity contribution in [2.24, 2.45) is 5.41 Å². The van der Waals surface area contributed by atoms with E-state index in [1.165, 1.54) is 38.4 Å². The average molecular weight is 559 g/mol. The van der Waals surface area contributed by atoms with Gasteiger partial charge in [-0.15, -0.1) is 0 Å². The third-order valence-corrected chi connectivity index (χ3v) is 8.85. The first-order chi connectivity index (χ1) is 20.0. The fraction of sp³-hybridized carbons (Fsp3) is 0.516. The lowest BCUT2D eigenvalue weighted by Gasteiger charge is -2.30. The number of nitrogens with one attached hydrogen (secondary N) is 2. The van der Waals surface area contributed by atoms with E-state index in [0.29, 0.717) is 36.4 Å². The summed E-state index contributed by atoms with van der Waals surface area (Å²) >= 11 is 0. The highest BCUT2D eigenvalue weighted by Crippen LogP contribution is 2.56. The van der Waals surface area contributed by atoms with Gasteiger partial charge in [0.25, 0.3) is 17.8 Å². The van der Waals surface area contributed by atoms with Crippen LogP contribution in [0.4, 0.5) is 6.01 Å². The first-order valence-electron chi connectivity index (χ1n) is 14.9. The lowest BCUT2D eigenvalue weighted by Crippen LogP contribution is -2.38. The van der Waals surface area contributed by atoms with Crippen molar-refractivity contribution < 1.29 is 18.7 Å². The van der Waals surface area contributed by atoms with Gasteiger partial charge in [0.1, 0.15) is 12.4 Å². The van der Waals surface area contributed by atoms with Crippen LogP contribution in [0.5, 0.6) is 6.01 Å². The second-order valence-electron chi connectivity index (χ2n) is 11.5. The fourth-order valence-electron chi connectivity index (χ4n) is 6.26. The van der Waals surface area contributed by atoms with Gasteiger partial charge in [0.15, 0.2) is 5.69 Å². The van der Waals surface area contributed by atoms with E-state index in [1.807, 2.05) is 23.1 Å². The van der Waals surface area contributed by atoms with Crippen LogP contribution in [0.15, 0.2) is 64.2 Å². The summed E-state index contributed by atoms with van der Waals surface area (Å²) in [6.07, 6.45) is 20.8. The third-order valence-electron chi connectivity index (χ3n) is 8.85. The van der Waals surface area contributed by atoms with Crippen molar-refractivity contribution in [1.82, 2.24) is 25.6 Å². The number of anilines is 1. The van der Waals surface area contributed by atoms with Crippen LogP contribution in [0.3, 0.4) is 0 Å². The van der Waals surface area contributed by atoms with Gasteiger partial charge in [-0.2, -0.15) is 4.98 Å². The summed E-state index contributed by atoms with van der Waals surface area (Å²) in [5.74, 6) is -0.537. The maximum absolute atomic E-state index is 13.5. The van der Waals surface area contributed by atoms with Gasteiger partial charge in [-0.3, -0.25) is 9.59 Å². The second-order valence-corrected chi connectivity index (χ2v) is 11.5. The minimum absolute atomic E-state index is 0.00890. The number of rotatable bonds is 8. The summed E-state index contributed by atoms with van der Waals surface area (Å²) in [4.78, 5) is 41.5. The molecule has 10 nitrogen and oxygen atoms in total. The zero-order chi connectivity index (χ0) is 28.2. The molecule has 0 bridgehead atoms. The molecule has 10 heteroatoms. The number of nitrogens with zero attached hydrogens (tertiary/aromatic N) is 4. The van der Waals surface area contributed by atoms with Gasteiger partial charge in [-0.05, 0) is 55.7 Å². The molecule has 41 heavy (non-hydrogen) atoms. The Bertz CT molecular complexity index is 1350. The zero-order valence-corrected chi connectivity index (χ0v) is 23.6. The highest BCUT2D eigenvalue weighted by atomic mass is 16.5. The van der Waals surface area contributed by atoms with E-state index in [0.717, 1.165) is 37.7 Å². The fourth-order valence-corrected chi connectivity index (χ4v) is 6.26. The van der Waals surface area contributed by atoms with Crippen molar-refractivity contribution in [3.05, 3.63) is 65.5 Å². The SMILES string of the molecule is CCC1=CC(C(=O)N[C@H]2CC23CCCCC3)=C(NC(=O)c2coc(N3CCC(Oc4ncccn4)CC3)n2)C=CC1. The molecule has 4 aliphatic rings. The first kappa shape index (κ1) is 27.2. The lowest BCUT2D eigenvalue weighted by atomic mass is 9.85. The van der Waals surface area contributed by atoms with E-state index in [1.54, 1.807) is 18.5 Å². The molecule has 0 unspecified atom stereocenters. The van der Waals surface area contributed by atoms with Crippen LogP contribution in [-0.2, 0) is 4.79 Å². The van der Waals surface area contributed by atoms with Crippen molar-refractivity contribution in [3.8, 4) is 6.01 Å². The van der Waals surface area contributed by atoms with Gasteiger partial charge < -0.3 is 24.7 Å². The standard InChI is InChI=1S/C31H38N6O4/c1-2-21-8-6-9-24(23(18-21)27(38)36-26-19-31(26)12-4-3-5-13-31)34-28(39)25-20-40-30(35-25)37-16-10-22(11-17-37)41-29-32-14-7-15-33-29/h6-7,9,14-15,18,20,22,26H,2-5,8,10-13,16-17,19H2,1H3,(H,34,39)(H,36,38)/t26-/m0/s1. The molecule has 2 N–H and O–H groups in total. The van der Waals surface area contributed by atoms with Crippen LogP contribution in [0, 0.1) is 5.41 Å². The second kappa shape index (κ2) is 11.9. The Morgan fingerprint density at radius 1 is 1.12 bits per heavy atom. The maximum atomic E-state index is 13.5. The number of carbonyl (C=O) groups excluding carboxylic acids is 2. The molecule has 1 spiro atoms. The van der Waals surface area contributed by atoms with Crippen LogP contribution in [-0.4, -0.2) is 52.0 Å². The monoisotopic (exact) mass is 558 g/mol. The van der Waals surface area contributed by atoms with Gasteiger partial charge >= 0.3 is 6.01 Å². The predicted molar refractivity (Wildman–Crippen MR) is 153 cm³/mol. The highest BCUT2D eigenvalue weighted by Gasteiger charge is 2.54. The van der Waals surface area contributed by atoms with Crippen LogP contribution in [0.1, 0.15) is 81.6 Å². The van der Waals surface area contributed by atoms with Crippen molar-refractivity contribution in [2.75, 3.05) is 18.0 Å². The summed E-state index contributed by atoms with van der Waals surface area (Å²) in [6, 6.07) is 2.75. The number of ether oxygens (including phenoxy) is 1. The Morgan fingerprint density at radius 3 is 2.66 bits per heavy atom. The molecular weight excluding hydrogens is 520 g/mol. The minimum atomic E-state index is -0.409. The van der Waals surface area contributed by atoms with Crippen LogP contribution >= 0.6 is 0 Å². The van der Waals surface area contributed by atoms with Gasteiger partial charge in [-0.1, -0.05) is 37.8 Å². The number of piperidine rings is 1. The van der Waals surface area contributed by atoms with Crippen LogP contribution in [0.25, 0.3) is 0 Å². The largest absolute Gasteiger partial charge is 0.460 e. The Hall–Kier alpha value is -3.95. The molecule has 3 aliphatic carbocycles. The summed E-state index contributed by atoms with van der Waals surface area (Å²) in [5, 5.41) is 6.22. The Morgan fingerprint density at radius 2 is 1.90 bits per heavy atom.